The minimum Gasteiger partial charge on any atom is -0.497 e. The molecule has 0 radical (unpaired) electrons. The summed E-state index contributed by atoms with van der Waals surface area (Å²) in [7, 11) is 6.73. The van der Waals surface area contributed by atoms with Crippen molar-refractivity contribution in [2.45, 2.75) is 0 Å². The summed E-state index contributed by atoms with van der Waals surface area (Å²) in [6.45, 7) is 0. The number of benzene rings is 9. The van der Waals surface area contributed by atoms with Crippen LogP contribution in [0.5, 0.6) is 23.0 Å². The summed E-state index contributed by atoms with van der Waals surface area (Å²) in [6, 6.07) is 67.6. The Morgan fingerprint density at radius 3 is 0.750 bits per heavy atom. The smallest absolute Gasteiger partial charge is 0.119 e. The van der Waals surface area contributed by atoms with E-state index in [1.165, 1.54) is 21.5 Å². The first-order chi connectivity index (χ1) is 31.5. The number of hydrogen-bond acceptors (Lipinski definition) is 6. The van der Waals surface area contributed by atoms with Crippen LogP contribution in [0.4, 0.5) is 34.1 Å². The lowest BCUT2D eigenvalue weighted by Gasteiger charge is -2.26. The minimum atomic E-state index is 0.818. The Kier molecular flexibility index (Phi) is 12.1. The lowest BCUT2D eigenvalue weighted by Crippen LogP contribution is -2.09. The molecule has 9 aromatic rings. The molecular weight excluding hydrogens is 789 g/mol. The van der Waals surface area contributed by atoms with Gasteiger partial charge in [-0.2, -0.15) is 0 Å². The molecule has 0 aliphatic heterocycles. The second kappa shape index (κ2) is 18.8. The molecule has 0 amide bonds. The van der Waals surface area contributed by atoms with Gasteiger partial charge in [-0.25, -0.2) is 0 Å². The van der Waals surface area contributed by atoms with Gasteiger partial charge in [0.1, 0.15) is 23.0 Å². The van der Waals surface area contributed by atoms with Crippen LogP contribution >= 0.6 is 0 Å². The number of ether oxygens (including phenoxy) is 4. The molecule has 0 N–H and O–H groups in total. The van der Waals surface area contributed by atoms with Crippen LogP contribution in [0.2, 0.25) is 0 Å². The molecule has 0 saturated carbocycles. The number of methoxy groups -OCH3 is 4. The van der Waals surface area contributed by atoms with Crippen molar-refractivity contribution in [3.8, 4) is 23.0 Å². The van der Waals surface area contributed by atoms with Crippen LogP contribution in [0.15, 0.2) is 194 Å². The Morgan fingerprint density at radius 2 is 0.484 bits per heavy atom. The van der Waals surface area contributed by atoms with E-state index in [4.69, 9.17) is 18.9 Å². The van der Waals surface area contributed by atoms with Crippen LogP contribution < -0.4 is 28.7 Å². The van der Waals surface area contributed by atoms with E-state index < -0.39 is 0 Å². The van der Waals surface area contributed by atoms with Gasteiger partial charge < -0.3 is 28.7 Å². The fourth-order valence-electron chi connectivity index (χ4n) is 7.92. The second-order valence-electron chi connectivity index (χ2n) is 15.4. The maximum Gasteiger partial charge on any atom is 0.119 e. The third kappa shape index (κ3) is 9.18. The van der Waals surface area contributed by atoms with Crippen molar-refractivity contribution in [2.24, 2.45) is 0 Å². The Morgan fingerprint density at radius 1 is 0.250 bits per heavy atom. The van der Waals surface area contributed by atoms with Gasteiger partial charge in [0, 0.05) is 34.1 Å². The van der Waals surface area contributed by atoms with Gasteiger partial charge in [0.15, 0.2) is 0 Å². The van der Waals surface area contributed by atoms with Gasteiger partial charge in [0.25, 0.3) is 0 Å². The van der Waals surface area contributed by atoms with E-state index >= 15 is 0 Å². The zero-order valence-corrected chi connectivity index (χ0v) is 36.3. The fraction of sp³-hybridized carbons (Fsp3) is 0.0690. The lowest BCUT2D eigenvalue weighted by atomic mass is 9.99. The quantitative estimate of drug-likeness (QED) is 0.0803. The summed E-state index contributed by atoms with van der Waals surface area (Å²) in [6.07, 6.45) is 8.70. The van der Waals surface area contributed by atoms with Gasteiger partial charge in [0.05, 0.1) is 28.4 Å². The van der Waals surface area contributed by atoms with Gasteiger partial charge in [-0.3, -0.25) is 0 Å². The van der Waals surface area contributed by atoms with Crippen LogP contribution in [-0.4, -0.2) is 28.4 Å². The maximum atomic E-state index is 5.42. The molecule has 6 heteroatoms. The topological polar surface area (TPSA) is 43.4 Å². The highest BCUT2D eigenvalue weighted by atomic mass is 16.5. The van der Waals surface area contributed by atoms with Gasteiger partial charge >= 0.3 is 0 Å². The lowest BCUT2D eigenvalue weighted by molar-refractivity contribution is 0.414. The summed E-state index contributed by atoms with van der Waals surface area (Å²) in [5, 5.41) is 4.84. The van der Waals surface area contributed by atoms with Gasteiger partial charge in [-0.05, 0) is 189 Å². The van der Waals surface area contributed by atoms with Crippen LogP contribution in [0.25, 0.3) is 45.8 Å². The van der Waals surface area contributed by atoms with Crippen molar-refractivity contribution < 1.29 is 18.9 Å². The first-order valence-corrected chi connectivity index (χ1v) is 21.2. The van der Waals surface area contributed by atoms with E-state index in [-0.39, 0.29) is 0 Å². The molecule has 64 heavy (non-hydrogen) atoms. The third-order valence-electron chi connectivity index (χ3n) is 11.4. The van der Waals surface area contributed by atoms with Gasteiger partial charge in [-0.1, -0.05) is 72.8 Å². The summed E-state index contributed by atoms with van der Waals surface area (Å²) >= 11 is 0. The molecule has 0 fully saturated rings. The normalized spacial score (nSPS) is 11.3. The van der Waals surface area contributed by atoms with Crippen LogP contribution in [-0.2, 0) is 0 Å². The minimum absolute atomic E-state index is 0.818. The van der Waals surface area contributed by atoms with Crippen LogP contribution in [0.3, 0.4) is 0 Å². The molecule has 0 bridgehead atoms. The molecule has 9 aromatic carbocycles. The van der Waals surface area contributed by atoms with E-state index in [0.717, 1.165) is 79.4 Å². The Bertz CT molecular complexity index is 2740. The van der Waals surface area contributed by atoms with Crippen molar-refractivity contribution in [2.75, 3.05) is 38.2 Å². The standard InChI is InChI=1S/C58H48N2O4/c1-61-55-29-21-51(22-30-55)59(52-23-31-56(62-2)32-24-52)49-17-11-41(12-18-49)5-7-43-9-15-45-40-48-38-44(10-16-46(48)39-47(45)37-43)8-6-42-13-19-50(20-14-42)60(53-25-33-57(63-3)34-26-53)54-27-35-58(64-4)36-28-54/h5-40H,1-4H3/b7-5+,8-6+. The van der Waals surface area contributed by atoms with Gasteiger partial charge in [0.2, 0.25) is 0 Å². The Labute approximate surface area is 375 Å². The summed E-state index contributed by atoms with van der Waals surface area (Å²) in [5.41, 5.74) is 10.8. The zero-order chi connectivity index (χ0) is 43.8. The molecule has 0 aliphatic carbocycles. The largest absolute Gasteiger partial charge is 0.497 e. The van der Waals surface area contributed by atoms with E-state index in [0.29, 0.717) is 0 Å². The molecule has 314 valence electrons. The molecule has 9 rings (SSSR count). The molecule has 0 aromatic heterocycles. The van der Waals surface area contributed by atoms with Crippen molar-refractivity contribution in [1.82, 2.24) is 0 Å². The number of fused-ring (bicyclic) bond motifs is 2. The first-order valence-electron chi connectivity index (χ1n) is 21.2. The molecule has 0 spiro atoms. The molecular formula is C58H48N2O4. The number of rotatable bonds is 14. The highest BCUT2D eigenvalue weighted by Gasteiger charge is 2.15. The zero-order valence-electron chi connectivity index (χ0n) is 36.3. The van der Waals surface area contributed by atoms with Crippen molar-refractivity contribution >= 4 is 80.0 Å². The molecule has 0 unspecified atom stereocenters. The molecule has 0 aliphatic rings. The third-order valence-corrected chi connectivity index (χ3v) is 11.4. The second-order valence-corrected chi connectivity index (χ2v) is 15.4. The number of anilines is 6. The summed E-state index contributed by atoms with van der Waals surface area (Å²) in [5.74, 6) is 3.27. The summed E-state index contributed by atoms with van der Waals surface area (Å²) < 4.78 is 21.7. The number of hydrogen-bond donors (Lipinski definition) is 0. The summed E-state index contributed by atoms with van der Waals surface area (Å²) in [4.78, 5) is 4.45. The van der Waals surface area contributed by atoms with E-state index in [9.17, 15) is 0 Å². The maximum absolute atomic E-state index is 5.42. The molecule has 0 heterocycles. The van der Waals surface area contributed by atoms with Crippen LogP contribution in [0, 0.1) is 0 Å². The number of nitrogens with zero attached hydrogens (tertiary/aromatic N) is 2. The van der Waals surface area contributed by atoms with Crippen LogP contribution in [0.1, 0.15) is 22.3 Å². The van der Waals surface area contributed by atoms with E-state index in [1.54, 1.807) is 28.4 Å². The highest BCUT2D eigenvalue weighted by molar-refractivity contribution is 6.00. The van der Waals surface area contributed by atoms with Crippen molar-refractivity contribution in [3.05, 3.63) is 216 Å². The SMILES string of the molecule is COc1ccc(N(c2ccc(/C=C/c3ccc4cc5cc(/C=C/c6ccc(N(c7ccc(OC)cc7)c7ccc(OC)cc7)cc6)ccc5cc4c3)cc2)c2ccc(OC)cc2)cc1. The van der Waals surface area contributed by atoms with E-state index in [2.05, 4.69) is 180 Å². The van der Waals surface area contributed by atoms with E-state index in [1.807, 2.05) is 48.5 Å². The predicted octanol–water partition coefficient (Wildman–Crippen LogP) is 15.3. The average Bonchev–Trinajstić information content (AvgIpc) is 3.36. The molecule has 6 nitrogen and oxygen atoms in total. The monoisotopic (exact) mass is 836 g/mol. The molecule has 0 atom stereocenters. The first kappa shape index (κ1) is 41.1. The molecule has 0 saturated heterocycles. The Balaban J connectivity index is 0.898. The van der Waals surface area contributed by atoms with Gasteiger partial charge in [-0.15, -0.1) is 0 Å². The fourth-order valence-corrected chi connectivity index (χ4v) is 7.92. The van der Waals surface area contributed by atoms with Crippen molar-refractivity contribution in [3.63, 3.8) is 0 Å². The Hall–Kier alpha value is -8.22. The highest BCUT2D eigenvalue weighted by Crippen LogP contribution is 2.38. The average molecular weight is 837 g/mol. The van der Waals surface area contributed by atoms with Crippen molar-refractivity contribution in [1.29, 1.82) is 0 Å². The predicted molar refractivity (Wildman–Crippen MR) is 268 cm³/mol.